The summed E-state index contributed by atoms with van der Waals surface area (Å²) in [6.07, 6.45) is 1.31. The molecule has 27 heavy (non-hydrogen) atoms. The molecule has 5 heteroatoms. The number of hydrogen-bond acceptors (Lipinski definition) is 4. The number of piperazine rings is 1. The van der Waals surface area contributed by atoms with Gasteiger partial charge in [-0.1, -0.05) is 42.5 Å². The predicted octanol–water partition coefficient (Wildman–Crippen LogP) is 3.17. The summed E-state index contributed by atoms with van der Waals surface area (Å²) in [4.78, 5) is 5.23. The van der Waals surface area contributed by atoms with E-state index in [4.69, 9.17) is 4.74 Å². The van der Waals surface area contributed by atoms with Crippen LogP contribution in [0.2, 0.25) is 0 Å². The number of ether oxygens (including phenoxy) is 1. The van der Waals surface area contributed by atoms with E-state index in [9.17, 15) is 0 Å². The Bertz CT molecular complexity index is 666. The van der Waals surface area contributed by atoms with Crippen LogP contribution in [0.3, 0.4) is 0 Å². The highest BCUT2D eigenvalue weighted by Gasteiger charge is 2.25. The van der Waals surface area contributed by atoms with E-state index in [-0.39, 0.29) is 12.4 Å². The predicted molar refractivity (Wildman–Crippen MR) is 113 cm³/mol. The lowest BCUT2D eigenvalue weighted by molar-refractivity contribution is 0.0981. The second-order valence-corrected chi connectivity index (χ2v) is 7.38. The molecule has 1 N–H and O–H groups in total. The highest BCUT2D eigenvalue weighted by molar-refractivity contribution is 5.85. The van der Waals surface area contributed by atoms with Crippen molar-refractivity contribution >= 4 is 12.4 Å². The first-order chi connectivity index (χ1) is 12.9. The maximum absolute atomic E-state index is 5.88. The quantitative estimate of drug-likeness (QED) is 0.824. The fraction of sp³-hybridized carbons (Fsp3) is 0.455. The van der Waals surface area contributed by atoms with Gasteiger partial charge in [0.2, 0.25) is 0 Å². The van der Waals surface area contributed by atoms with Crippen LogP contribution in [-0.4, -0.2) is 55.1 Å². The average molecular weight is 388 g/mol. The average Bonchev–Trinajstić information content (AvgIpc) is 3.24. The molecule has 0 spiro atoms. The monoisotopic (exact) mass is 387 g/mol. The van der Waals surface area contributed by atoms with Crippen molar-refractivity contribution in [3.63, 3.8) is 0 Å². The van der Waals surface area contributed by atoms with Crippen LogP contribution in [0.15, 0.2) is 54.6 Å². The van der Waals surface area contributed by atoms with E-state index in [2.05, 4.69) is 51.5 Å². The zero-order valence-electron chi connectivity index (χ0n) is 15.8. The summed E-state index contributed by atoms with van der Waals surface area (Å²) in [5.41, 5.74) is 2.57. The Morgan fingerprint density at radius 1 is 0.889 bits per heavy atom. The summed E-state index contributed by atoms with van der Waals surface area (Å²) < 4.78 is 5.88. The Morgan fingerprint density at radius 2 is 1.63 bits per heavy atom. The van der Waals surface area contributed by atoms with Gasteiger partial charge in [-0.15, -0.1) is 12.4 Å². The highest BCUT2D eigenvalue weighted by Crippen LogP contribution is 2.17. The van der Waals surface area contributed by atoms with Crippen molar-refractivity contribution < 1.29 is 4.74 Å². The summed E-state index contributed by atoms with van der Waals surface area (Å²) in [6, 6.07) is 19.7. The number of halogens is 1. The molecule has 0 aromatic heterocycles. The Morgan fingerprint density at radius 3 is 2.30 bits per heavy atom. The fourth-order valence-electron chi connectivity index (χ4n) is 3.93. The normalized spacial score (nSPS) is 21.0. The third-order valence-corrected chi connectivity index (χ3v) is 5.54. The Kier molecular flexibility index (Phi) is 7.53. The minimum atomic E-state index is 0. The lowest BCUT2D eigenvalue weighted by atomic mass is 10.1. The molecule has 1 atom stereocenters. The van der Waals surface area contributed by atoms with Gasteiger partial charge in [-0.25, -0.2) is 0 Å². The molecule has 0 saturated carbocycles. The molecule has 2 fully saturated rings. The van der Waals surface area contributed by atoms with Crippen LogP contribution in [0.4, 0.5) is 0 Å². The van der Waals surface area contributed by atoms with Crippen molar-refractivity contribution in [3.8, 4) is 5.75 Å². The number of rotatable bonds is 6. The lowest BCUT2D eigenvalue weighted by Gasteiger charge is -2.37. The molecule has 4 rings (SSSR count). The molecule has 2 aromatic rings. The molecule has 2 heterocycles. The second-order valence-electron chi connectivity index (χ2n) is 7.38. The number of benzene rings is 2. The van der Waals surface area contributed by atoms with E-state index in [1.807, 2.05) is 18.2 Å². The molecule has 4 nitrogen and oxygen atoms in total. The molecule has 2 aliphatic heterocycles. The second kappa shape index (κ2) is 10.1. The molecular formula is C22H30ClN3O. The molecule has 2 aliphatic rings. The molecule has 146 valence electrons. The van der Waals surface area contributed by atoms with Crippen LogP contribution in [0.5, 0.6) is 5.75 Å². The Balaban J connectivity index is 0.00000210. The lowest BCUT2D eigenvalue weighted by Crippen LogP contribution is -2.50. The number of hydrogen-bond donors (Lipinski definition) is 1. The van der Waals surface area contributed by atoms with Crippen molar-refractivity contribution in [2.24, 2.45) is 0 Å². The number of nitrogens with one attached hydrogen (secondary N) is 1. The van der Waals surface area contributed by atoms with Crippen LogP contribution in [-0.2, 0) is 13.2 Å². The Labute approximate surface area is 168 Å². The van der Waals surface area contributed by atoms with E-state index < -0.39 is 0 Å². The van der Waals surface area contributed by atoms with Gasteiger partial charge in [-0.05, 0) is 36.2 Å². The van der Waals surface area contributed by atoms with Gasteiger partial charge in [-0.2, -0.15) is 0 Å². The van der Waals surface area contributed by atoms with Crippen LogP contribution in [0.25, 0.3) is 0 Å². The van der Waals surface area contributed by atoms with Gasteiger partial charge < -0.3 is 10.1 Å². The van der Waals surface area contributed by atoms with Crippen molar-refractivity contribution in [1.82, 2.24) is 15.1 Å². The zero-order chi connectivity index (χ0) is 17.6. The highest BCUT2D eigenvalue weighted by atomic mass is 35.5. The SMILES string of the molecule is Cl.c1ccc(COc2ccc(CN3CCN(C4CCNC4)CC3)cc2)cc1. The Hall–Kier alpha value is -1.59. The summed E-state index contributed by atoms with van der Waals surface area (Å²) in [7, 11) is 0. The van der Waals surface area contributed by atoms with Crippen molar-refractivity contribution in [1.29, 1.82) is 0 Å². The van der Waals surface area contributed by atoms with Crippen molar-refractivity contribution in [2.75, 3.05) is 39.3 Å². The molecule has 0 radical (unpaired) electrons. The van der Waals surface area contributed by atoms with Crippen LogP contribution in [0, 0.1) is 0 Å². The standard InChI is InChI=1S/C22H29N3O.ClH/c1-2-4-20(5-3-1)18-26-22-8-6-19(7-9-22)17-24-12-14-25(15-13-24)21-10-11-23-16-21;/h1-9,21,23H,10-18H2;1H. The largest absolute Gasteiger partial charge is 0.489 e. The topological polar surface area (TPSA) is 27.7 Å². The van der Waals surface area contributed by atoms with E-state index in [1.54, 1.807) is 0 Å². The van der Waals surface area contributed by atoms with E-state index >= 15 is 0 Å². The minimum absolute atomic E-state index is 0. The van der Waals surface area contributed by atoms with Gasteiger partial charge in [0, 0.05) is 45.3 Å². The summed E-state index contributed by atoms with van der Waals surface area (Å²) in [5, 5.41) is 3.48. The summed E-state index contributed by atoms with van der Waals surface area (Å²) >= 11 is 0. The zero-order valence-corrected chi connectivity index (χ0v) is 16.7. The van der Waals surface area contributed by atoms with Crippen LogP contribution >= 0.6 is 12.4 Å². The molecule has 2 aromatic carbocycles. The van der Waals surface area contributed by atoms with Gasteiger partial charge in [0.25, 0.3) is 0 Å². The molecule has 0 bridgehead atoms. The summed E-state index contributed by atoms with van der Waals surface area (Å²) in [5.74, 6) is 0.941. The molecular weight excluding hydrogens is 358 g/mol. The van der Waals surface area contributed by atoms with Crippen molar-refractivity contribution in [3.05, 3.63) is 65.7 Å². The van der Waals surface area contributed by atoms with Crippen LogP contribution < -0.4 is 10.1 Å². The van der Waals surface area contributed by atoms with Crippen molar-refractivity contribution in [2.45, 2.75) is 25.6 Å². The van der Waals surface area contributed by atoms with E-state index in [0.29, 0.717) is 6.61 Å². The third kappa shape index (κ3) is 5.69. The molecule has 0 amide bonds. The third-order valence-electron chi connectivity index (χ3n) is 5.54. The van der Waals surface area contributed by atoms with Gasteiger partial charge in [0.15, 0.2) is 0 Å². The maximum Gasteiger partial charge on any atom is 0.119 e. The smallest absolute Gasteiger partial charge is 0.119 e. The van der Waals surface area contributed by atoms with Gasteiger partial charge in [-0.3, -0.25) is 9.80 Å². The summed E-state index contributed by atoms with van der Waals surface area (Å²) in [6.45, 7) is 8.75. The first kappa shape index (κ1) is 20.2. The van der Waals surface area contributed by atoms with Gasteiger partial charge in [0.05, 0.1) is 0 Å². The first-order valence-corrected chi connectivity index (χ1v) is 9.79. The van der Waals surface area contributed by atoms with E-state index in [0.717, 1.165) is 18.3 Å². The van der Waals surface area contributed by atoms with Gasteiger partial charge in [0.1, 0.15) is 12.4 Å². The molecule has 2 saturated heterocycles. The first-order valence-electron chi connectivity index (χ1n) is 9.79. The van der Waals surface area contributed by atoms with E-state index in [1.165, 1.54) is 56.8 Å². The number of nitrogens with zero attached hydrogens (tertiary/aromatic N) is 2. The van der Waals surface area contributed by atoms with Crippen LogP contribution in [0.1, 0.15) is 17.5 Å². The molecule has 0 aliphatic carbocycles. The van der Waals surface area contributed by atoms with Gasteiger partial charge >= 0.3 is 0 Å². The minimum Gasteiger partial charge on any atom is -0.489 e. The fourth-order valence-corrected chi connectivity index (χ4v) is 3.93. The molecule has 1 unspecified atom stereocenters. The maximum atomic E-state index is 5.88.